The van der Waals surface area contributed by atoms with Crippen LogP contribution in [0.25, 0.3) is 11.3 Å². The minimum absolute atomic E-state index is 0.578. The van der Waals surface area contributed by atoms with Gasteiger partial charge in [-0.3, -0.25) is 0 Å². The molecule has 30 heavy (non-hydrogen) atoms. The van der Waals surface area contributed by atoms with Gasteiger partial charge < -0.3 is 20.0 Å². The van der Waals surface area contributed by atoms with E-state index in [0.29, 0.717) is 5.95 Å². The molecule has 4 rings (SSSR count). The molecular formula is C23H29N7. The SMILES string of the molecule is CCN(C)c1ccc(-c2ccnc(Nc3ccc(N4CCN(C)CC4)cc3)n2)cn1. The van der Waals surface area contributed by atoms with Crippen LogP contribution in [0.3, 0.4) is 0 Å². The van der Waals surface area contributed by atoms with Crippen LogP contribution < -0.4 is 15.1 Å². The molecule has 0 aliphatic carbocycles. The lowest BCUT2D eigenvalue weighted by Crippen LogP contribution is -2.44. The van der Waals surface area contributed by atoms with Crippen LogP contribution in [0.2, 0.25) is 0 Å². The molecule has 1 N–H and O–H groups in total. The van der Waals surface area contributed by atoms with Crippen LogP contribution >= 0.6 is 0 Å². The van der Waals surface area contributed by atoms with Crippen LogP contribution in [0.15, 0.2) is 54.9 Å². The van der Waals surface area contributed by atoms with E-state index in [4.69, 9.17) is 0 Å². The number of piperazine rings is 1. The summed E-state index contributed by atoms with van der Waals surface area (Å²) in [5.41, 5.74) is 4.05. The highest BCUT2D eigenvalue weighted by Crippen LogP contribution is 2.23. The van der Waals surface area contributed by atoms with Crippen LogP contribution in [-0.2, 0) is 0 Å². The third-order valence-corrected chi connectivity index (χ3v) is 5.56. The van der Waals surface area contributed by atoms with Gasteiger partial charge in [-0.25, -0.2) is 15.0 Å². The van der Waals surface area contributed by atoms with Crippen LogP contribution in [0.5, 0.6) is 0 Å². The second-order valence-corrected chi connectivity index (χ2v) is 7.65. The summed E-state index contributed by atoms with van der Waals surface area (Å²) in [6.07, 6.45) is 3.63. The monoisotopic (exact) mass is 403 g/mol. The number of nitrogens with zero attached hydrogens (tertiary/aromatic N) is 6. The first-order valence-corrected chi connectivity index (χ1v) is 10.4. The van der Waals surface area contributed by atoms with Crippen molar-refractivity contribution in [3.63, 3.8) is 0 Å². The first kappa shape index (κ1) is 20.1. The largest absolute Gasteiger partial charge is 0.369 e. The quantitative estimate of drug-likeness (QED) is 0.676. The van der Waals surface area contributed by atoms with Gasteiger partial charge in [0.05, 0.1) is 5.69 Å². The van der Waals surface area contributed by atoms with Gasteiger partial charge in [0.25, 0.3) is 0 Å². The Kier molecular flexibility index (Phi) is 6.09. The number of nitrogens with one attached hydrogen (secondary N) is 1. The number of pyridine rings is 1. The van der Waals surface area contributed by atoms with Crippen LogP contribution in [0, 0.1) is 0 Å². The van der Waals surface area contributed by atoms with E-state index in [0.717, 1.165) is 55.5 Å². The molecule has 1 aromatic carbocycles. The Morgan fingerprint density at radius 3 is 2.40 bits per heavy atom. The van der Waals surface area contributed by atoms with Crippen LogP contribution in [-0.4, -0.2) is 66.7 Å². The number of likely N-dealkylation sites (N-methyl/N-ethyl adjacent to an activating group) is 1. The zero-order valence-corrected chi connectivity index (χ0v) is 17.9. The zero-order valence-electron chi connectivity index (χ0n) is 17.9. The summed E-state index contributed by atoms with van der Waals surface area (Å²) in [5, 5.41) is 3.31. The fourth-order valence-electron chi connectivity index (χ4n) is 3.45. The van der Waals surface area contributed by atoms with Gasteiger partial charge in [0.1, 0.15) is 5.82 Å². The summed E-state index contributed by atoms with van der Waals surface area (Å²) in [6.45, 7) is 7.36. The number of hydrogen-bond donors (Lipinski definition) is 1. The molecule has 0 bridgehead atoms. The fourth-order valence-corrected chi connectivity index (χ4v) is 3.45. The van der Waals surface area contributed by atoms with Crippen molar-refractivity contribution < 1.29 is 0 Å². The molecule has 1 aliphatic heterocycles. The van der Waals surface area contributed by atoms with Gasteiger partial charge in [-0.2, -0.15) is 0 Å². The number of anilines is 4. The van der Waals surface area contributed by atoms with Gasteiger partial charge in [-0.1, -0.05) is 0 Å². The summed E-state index contributed by atoms with van der Waals surface area (Å²) < 4.78 is 0. The van der Waals surface area contributed by atoms with Gasteiger partial charge >= 0.3 is 0 Å². The molecule has 0 unspecified atom stereocenters. The van der Waals surface area contributed by atoms with Crippen LogP contribution in [0.1, 0.15) is 6.92 Å². The van der Waals surface area contributed by atoms with Crippen molar-refractivity contribution in [2.75, 3.05) is 61.9 Å². The maximum absolute atomic E-state index is 4.66. The summed E-state index contributed by atoms with van der Waals surface area (Å²) >= 11 is 0. The molecule has 0 saturated carbocycles. The molecule has 0 radical (unpaired) electrons. The van der Waals surface area contributed by atoms with E-state index in [1.165, 1.54) is 5.69 Å². The van der Waals surface area contributed by atoms with Crippen molar-refractivity contribution in [1.29, 1.82) is 0 Å². The average Bonchev–Trinajstić information content (AvgIpc) is 2.80. The smallest absolute Gasteiger partial charge is 0.227 e. The molecule has 7 heteroatoms. The predicted molar refractivity (Wildman–Crippen MR) is 124 cm³/mol. The Labute approximate surface area is 178 Å². The van der Waals surface area contributed by atoms with E-state index in [-0.39, 0.29) is 0 Å². The minimum atomic E-state index is 0.578. The Bertz CT molecular complexity index is 948. The fraction of sp³-hybridized carbons (Fsp3) is 0.348. The Balaban J connectivity index is 1.44. The Morgan fingerprint density at radius 2 is 1.73 bits per heavy atom. The van der Waals surface area contributed by atoms with Crippen molar-refractivity contribution in [3.8, 4) is 11.3 Å². The zero-order chi connectivity index (χ0) is 20.9. The minimum Gasteiger partial charge on any atom is -0.369 e. The van der Waals surface area contributed by atoms with Gasteiger partial charge in [-0.05, 0) is 56.4 Å². The molecule has 156 valence electrons. The predicted octanol–water partition coefficient (Wildman–Crippen LogP) is 3.49. The topological polar surface area (TPSA) is 60.4 Å². The van der Waals surface area contributed by atoms with E-state index in [1.807, 2.05) is 31.4 Å². The molecule has 3 aromatic rings. The molecule has 3 heterocycles. The lowest BCUT2D eigenvalue weighted by molar-refractivity contribution is 0.313. The maximum atomic E-state index is 4.66. The lowest BCUT2D eigenvalue weighted by Gasteiger charge is -2.34. The Hall–Kier alpha value is -3.19. The van der Waals surface area contributed by atoms with E-state index in [1.54, 1.807) is 6.20 Å². The molecule has 2 aromatic heterocycles. The highest BCUT2D eigenvalue weighted by Gasteiger charge is 2.14. The van der Waals surface area contributed by atoms with E-state index < -0.39 is 0 Å². The average molecular weight is 404 g/mol. The lowest BCUT2D eigenvalue weighted by atomic mass is 10.2. The number of rotatable bonds is 6. The molecule has 0 spiro atoms. The van der Waals surface area contributed by atoms with Gasteiger partial charge in [0.2, 0.25) is 5.95 Å². The van der Waals surface area contributed by atoms with Crippen molar-refractivity contribution in [3.05, 3.63) is 54.9 Å². The molecule has 1 saturated heterocycles. The molecule has 0 atom stereocenters. The van der Waals surface area contributed by atoms with Gasteiger partial charge in [-0.15, -0.1) is 0 Å². The highest BCUT2D eigenvalue weighted by atomic mass is 15.2. The Morgan fingerprint density at radius 1 is 0.967 bits per heavy atom. The van der Waals surface area contributed by atoms with E-state index >= 15 is 0 Å². The molecule has 1 fully saturated rings. The molecule has 7 nitrogen and oxygen atoms in total. The van der Waals surface area contributed by atoms with E-state index in [2.05, 4.69) is 73.2 Å². The summed E-state index contributed by atoms with van der Waals surface area (Å²) in [4.78, 5) is 20.5. The number of benzene rings is 1. The molecule has 1 aliphatic rings. The van der Waals surface area contributed by atoms with E-state index in [9.17, 15) is 0 Å². The van der Waals surface area contributed by atoms with Gasteiger partial charge in [0, 0.05) is 69.1 Å². The normalized spacial score (nSPS) is 14.6. The van der Waals surface area contributed by atoms with Crippen molar-refractivity contribution >= 4 is 23.1 Å². The molecular weight excluding hydrogens is 374 g/mol. The van der Waals surface area contributed by atoms with Crippen molar-refractivity contribution in [2.24, 2.45) is 0 Å². The van der Waals surface area contributed by atoms with Crippen LogP contribution in [0.4, 0.5) is 23.1 Å². The summed E-state index contributed by atoms with van der Waals surface area (Å²) in [6, 6.07) is 14.5. The summed E-state index contributed by atoms with van der Waals surface area (Å²) in [5.74, 6) is 1.53. The second kappa shape index (κ2) is 9.09. The third kappa shape index (κ3) is 4.68. The number of hydrogen-bond acceptors (Lipinski definition) is 7. The first-order valence-electron chi connectivity index (χ1n) is 10.4. The second-order valence-electron chi connectivity index (χ2n) is 7.65. The standard InChI is InChI=1S/C23H29N7/c1-4-29(3)22-10-5-18(17-25-22)21-11-12-24-23(27-21)26-19-6-8-20(9-7-19)30-15-13-28(2)14-16-30/h5-12,17H,4,13-16H2,1-3H3,(H,24,26,27). The van der Waals surface area contributed by atoms with Crippen molar-refractivity contribution in [2.45, 2.75) is 6.92 Å². The summed E-state index contributed by atoms with van der Waals surface area (Å²) in [7, 11) is 4.20. The number of aromatic nitrogens is 3. The third-order valence-electron chi connectivity index (χ3n) is 5.56. The van der Waals surface area contributed by atoms with Gasteiger partial charge in [0.15, 0.2) is 0 Å². The maximum Gasteiger partial charge on any atom is 0.227 e. The van der Waals surface area contributed by atoms with Crippen molar-refractivity contribution in [1.82, 2.24) is 19.9 Å². The highest BCUT2D eigenvalue weighted by molar-refractivity contribution is 5.63. The first-order chi connectivity index (χ1) is 14.6. The molecule has 0 amide bonds.